The maximum atomic E-state index is 12.7. The van der Waals surface area contributed by atoms with Crippen molar-refractivity contribution >= 4 is 28.3 Å². The zero-order valence-electron chi connectivity index (χ0n) is 7.93. The highest BCUT2D eigenvalue weighted by molar-refractivity contribution is 14.1. The SMILES string of the molecule is CC(CO)CNc1ccc(F)cc1I. The van der Waals surface area contributed by atoms with Crippen LogP contribution < -0.4 is 5.32 Å². The second-order valence-corrected chi connectivity index (χ2v) is 4.46. The Bertz CT molecular complexity index is 306. The lowest BCUT2D eigenvalue weighted by Crippen LogP contribution is -2.15. The number of aliphatic hydroxyl groups excluding tert-OH is 1. The van der Waals surface area contributed by atoms with Gasteiger partial charge in [-0.15, -0.1) is 0 Å². The van der Waals surface area contributed by atoms with Gasteiger partial charge in [0, 0.05) is 22.4 Å². The van der Waals surface area contributed by atoms with Crippen molar-refractivity contribution < 1.29 is 9.50 Å². The van der Waals surface area contributed by atoms with E-state index in [0.717, 1.165) is 9.26 Å². The van der Waals surface area contributed by atoms with Crippen molar-refractivity contribution in [1.29, 1.82) is 0 Å². The molecule has 1 atom stereocenters. The number of rotatable bonds is 4. The summed E-state index contributed by atoms with van der Waals surface area (Å²) in [5.74, 6) is -0.0222. The second kappa shape index (κ2) is 5.50. The van der Waals surface area contributed by atoms with E-state index >= 15 is 0 Å². The molecule has 0 saturated carbocycles. The predicted molar refractivity (Wildman–Crippen MR) is 63.9 cm³/mol. The fourth-order valence-electron chi connectivity index (χ4n) is 0.982. The lowest BCUT2D eigenvalue weighted by atomic mass is 10.2. The van der Waals surface area contributed by atoms with E-state index < -0.39 is 0 Å². The molecule has 78 valence electrons. The third kappa shape index (κ3) is 3.42. The summed E-state index contributed by atoms with van der Waals surface area (Å²) in [4.78, 5) is 0. The van der Waals surface area contributed by atoms with E-state index in [4.69, 9.17) is 5.11 Å². The highest BCUT2D eigenvalue weighted by Gasteiger charge is 2.03. The standard InChI is InChI=1S/C10H13FINO/c1-7(6-14)5-13-10-3-2-8(11)4-9(10)12/h2-4,7,13-14H,5-6H2,1H3. The third-order valence-electron chi connectivity index (χ3n) is 1.88. The number of nitrogens with one attached hydrogen (secondary N) is 1. The largest absolute Gasteiger partial charge is 0.396 e. The Morgan fingerprint density at radius 2 is 2.29 bits per heavy atom. The highest BCUT2D eigenvalue weighted by Crippen LogP contribution is 2.19. The van der Waals surface area contributed by atoms with E-state index in [9.17, 15) is 4.39 Å². The van der Waals surface area contributed by atoms with Crippen molar-refractivity contribution in [3.05, 3.63) is 27.6 Å². The molecular formula is C10H13FINO. The van der Waals surface area contributed by atoms with Gasteiger partial charge in [-0.05, 0) is 46.7 Å². The lowest BCUT2D eigenvalue weighted by Gasteiger charge is -2.12. The Hall–Kier alpha value is -0.360. The van der Waals surface area contributed by atoms with E-state index in [0.29, 0.717) is 6.54 Å². The minimum absolute atomic E-state index is 0.158. The molecule has 1 rings (SSSR count). The number of halogens is 2. The molecule has 2 N–H and O–H groups in total. The van der Waals surface area contributed by atoms with Crippen LogP contribution in [0.2, 0.25) is 0 Å². The number of aliphatic hydroxyl groups is 1. The number of anilines is 1. The summed E-state index contributed by atoms with van der Waals surface area (Å²) in [7, 11) is 0. The van der Waals surface area contributed by atoms with E-state index in [1.165, 1.54) is 12.1 Å². The molecule has 0 aliphatic carbocycles. The van der Waals surface area contributed by atoms with Crippen LogP contribution in [0.5, 0.6) is 0 Å². The van der Waals surface area contributed by atoms with E-state index in [1.807, 2.05) is 6.92 Å². The zero-order valence-corrected chi connectivity index (χ0v) is 10.1. The van der Waals surface area contributed by atoms with Gasteiger partial charge in [-0.25, -0.2) is 4.39 Å². The highest BCUT2D eigenvalue weighted by atomic mass is 127. The molecule has 0 amide bonds. The van der Waals surface area contributed by atoms with Crippen LogP contribution >= 0.6 is 22.6 Å². The molecule has 0 radical (unpaired) electrons. The van der Waals surface area contributed by atoms with Crippen molar-refractivity contribution in [2.75, 3.05) is 18.5 Å². The monoisotopic (exact) mass is 309 g/mol. The molecule has 0 fully saturated rings. The number of hydrogen-bond donors (Lipinski definition) is 2. The van der Waals surface area contributed by atoms with Crippen LogP contribution in [-0.4, -0.2) is 18.3 Å². The van der Waals surface area contributed by atoms with Gasteiger partial charge in [-0.1, -0.05) is 6.92 Å². The molecule has 1 aromatic rings. The quantitative estimate of drug-likeness (QED) is 0.838. The average molecular weight is 309 g/mol. The van der Waals surface area contributed by atoms with Gasteiger partial charge in [0.1, 0.15) is 5.82 Å². The third-order valence-corrected chi connectivity index (χ3v) is 2.78. The molecule has 2 nitrogen and oxygen atoms in total. The molecule has 0 saturated heterocycles. The second-order valence-electron chi connectivity index (χ2n) is 3.29. The van der Waals surface area contributed by atoms with Crippen molar-refractivity contribution in [2.24, 2.45) is 5.92 Å². The maximum absolute atomic E-state index is 12.7. The average Bonchev–Trinajstić information content (AvgIpc) is 2.16. The number of hydrogen-bond acceptors (Lipinski definition) is 2. The molecule has 0 spiro atoms. The molecule has 1 unspecified atom stereocenters. The van der Waals surface area contributed by atoms with Crippen LogP contribution in [0.4, 0.5) is 10.1 Å². The fraction of sp³-hybridized carbons (Fsp3) is 0.400. The first-order valence-corrected chi connectivity index (χ1v) is 5.51. The van der Waals surface area contributed by atoms with E-state index in [1.54, 1.807) is 6.07 Å². The normalized spacial score (nSPS) is 12.6. The van der Waals surface area contributed by atoms with Crippen molar-refractivity contribution in [3.63, 3.8) is 0 Å². The Morgan fingerprint density at radius 3 is 2.86 bits per heavy atom. The summed E-state index contributed by atoms with van der Waals surface area (Å²) in [6.07, 6.45) is 0. The van der Waals surface area contributed by atoms with Gasteiger partial charge in [0.25, 0.3) is 0 Å². The molecule has 14 heavy (non-hydrogen) atoms. The van der Waals surface area contributed by atoms with E-state index in [2.05, 4.69) is 27.9 Å². The zero-order chi connectivity index (χ0) is 10.6. The van der Waals surface area contributed by atoms with Gasteiger partial charge < -0.3 is 10.4 Å². The summed E-state index contributed by atoms with van der Waals surface area (Å²) in [6.45, 7) is 2.80. The molecule has 0 heterocycles. The summed E-state index contributed by atoms with van der Waals surface area (Å²) in [5.41, 5.74) is 0.910. The van der Waals surface area contributed by atoms with Gasteiger partial charge in [0.2, 0.25) is 0 Å². The maximum Gasteiger partial charge on any atom is 0.124 e. The summed E-state index contributed by atoms with van der Waals surface area (Å²) in [5, 5.41) is 12.0. The van der Waals surface area contributed by atoms with Crippen LogP contribution in [-0.2, 0) is 0 Å². The minimum Gasteiger partial charge on any atom is -0.396 e. The van der Waals surface area contributed by atoms with Crippen LogP contribution in [0.3, 0.4) is 0 Å². The first-order chi connectivity index (χ1) is 6.63. The molecular weight excluding hydrogens is 296 g/mol. The van der Waals surface area contributed by atoms with Gasteiger partial charge in [-0.3, -0.25) is 0 Å². The van der Waals surface area contributed by atoms with Gasteiger partial charge in [-0.2, -0.15) is 0 Å². The molecule has 4 heteroatoms. The molecule has 0 bridgehead atoms. The Labute approximate surface area is 96.7 Å². The topological polar surface area (TPSA) is 32.3 Å². The first kappa shape index (κ1) is 11.7. The molecule has 1 aromatic carbocycles. The Morgan fingerprint density at radius 1 is 1.57 bits per heavy atom. The van der Waals surface area contributed by atoms with Gasteiger partial charge in [0.05, 0.1) is 0 Å². The van der Waals surface area contributed by atoms with Gasteiger partial charge >= 0.3 is 0 Å². The smallest absolute Gasteiger partial charge is 0.124 e. The summed E-state index contributed by atoms with van der Waals surface area (Å²) in [6, 6.07) is 4.61. The van der Waals surface area contributed by atoms with Crippen LogP contribution in [0.15, 0.2) is 18.2 Å². The Balaban J connectivity index is 2.59. The first-order valence-electron chi connectivity index (χ1n) is 4.43. The Kier molecular flexibility index (Phi) is 4.60. The van der Waals surface area contributed by atoms with Crippen LogP contribution in [0.1, 0.15) is 6.92 Å². The van der Waals surface area contributed by atoms with Crippen molar-refractivity contribution in [2.45, 2.75) is 6.92 Å². The van der Waals surface area contributed by atoms with Crippen molar-refractivity contribution in [3.8, 4) is 0 Å². The molecule has 0 aliphatic rings. The molecule has 0 aromatic heterocycles. The molecule has 0 aliphatic heterocycles. The summed E-state index contributed by atoms with van der Waals surface area (Å²) < 4.78 is 13.6. The fourth-order valence-corrected chi connectivity index (χ4v) is 1.65. The lowest BCUT2D eigenvalue weighted by molar-refractivity contribution is 0.244. The van der Waals surface area contributed by atoms with E-state index in [-0.39, 0.29) is 18.3 Å². The summed E-state index contributed by atoms with van der Waals surface area (Å²) >= 11 is 2.08. The van der Waals surface area contributed by atoms with Gasteiger partial charge in [0.15, 0.2) is 0 Å². The predicted octanol–water partition coefficient (Wildman–Crippen LogP) is 2.47. The van der Waals surface area contributed by atoms with Crippen LogP contribution in [0, 0.1) is 15.3 Å². The van der Waals surface area contributed by atoms with Crippen LogP contribution in [0.25, 0.3) is 0 Å². The number of benzene rings is 1. The minimum atomic E-state index is -0.227. The van der Waals surface area contributed by atoms with Crippen molar-refractivity contribution in [1.82, 2.24) is 0 Å².